The van der Waals surface area contributed by atoms with Crippen molar-refractivity contribution in [2.45, 2.75) is 0 Å². The summed E-state index contributed by atoms with van der Waals surface area (Å²) in [4.78, 5) is 2.08. The van der Waals surface area contributed by atoms with Crippen molar-refractivity contribution in [2.24, 2.45) is 0 Å². The third kappa shape index (κ3) is 9.79. The van der Waals surface area contributed by atoms with Crippen molar-refractivity contribution in [2.75, 3.05) is 40.1 Å². The van der Waals surface area contributed by atoms with Crippen LogP contribution in [-0.2, 0) is 0 Å². The minimum absolute atomic E-state index is 0.859. The predicted octanol–water partition coefficient (Wildman–Crippen LogP) is 7.25. The zero-order valence-corrected chi connectivity index (χ0v) is 19.8. The molecule has 0 heterocycles. The number of anilines is 1. The summed E-state index contributed by atoms with van der Waals surface area (Å²) in [7, 11) is 10.5. The minimum Gasteiger partial charge on any atom is -0.378 e. The summed E-state index contributed by atoms with van der Waals surface area (Å²) in [6, 6.07) is 26.8. The molecule has 3 aromatic carbocycles. The highest BCUT2D eigenvalue weighted by Crippen LogP contribution is 2.17. The summed E-state index contributed by atoms with van der Waals surface area (Å²) in [5.74, 6) is 0. The first-order valence-electron chi connectivity index (χ1n) is 10.3. The molecule has 0 aromatic heterocycles. The number of hydrogen-bond acceptors (Lipinski definition) is 1. The Morgan fingerprint density at radius 3 is 1.29 bits per heavy atom. The molecule has 2 heteroatoms. The van der Waals surface area contributed by atoms with Crippen molar-refractivity contribution in [1.82, 2.24) is 4.48 Å². The van der Waals surface area contributed by atoms with E-state index >= 15 is 0 Å². The van der Waals surface area contributed by atoms with Gasteiger partial charge in [-0.25, -0.2) is 0 Å². The Morgan fingerprint density at radius 2 is 0.968 bits per heavy atom. The Morgan fingerprint density at radius 1 is 0.581 bits per heavy atom. The molecular weight excluding hydrogens is 376 g/mol. The summed E-state index contributed by atoms with van der Waals surface area (Å²) in [5, 5.41) is 0. The van der Waals surface area contributed by atoms with Crippen LogP contribution in [0.3, 0.4) is 0 Å². The first-order valence-corrected chi connectivity index (χ1v) is 10.3. The molecule has 3 rings (SSSR count). The second kappa shape index (κ2) is 13.0. The highest BCUT2D eigenvalue weighted by Gasteiger charge is 2.10. The Bertz CT molecular complexity index is 913. The molecule has 0 unspecified atom stereocenters. The number of rotatable bonds is 5. The van der Waals surface area contributed by atoms with E-state index in [-0.39, 0.29) is 0 Å². The van der Waals surface area contributed by atoms with E-state index in [0.717, 1.165) is 10.0 Å². The van der Waals surface area contributed by atoms with Gasteiger partial charge in [0.15, 0.2) is 0 Å². The second-order valence-corrected chi connectivity index (χ2v) is 8.11. The van der Waals surface area contributed by atoms with Gasteiger partial charge in [-0.05, 0) is 53.1 Å². The summed E-state index contributed by atoms with van der Waals surface area (Å²) in [5.41, 5.74) is 6.03. The van der Waals surface area contributed by atoms with Gasteiger partial charge < -0.3 is 4.90 Å². The van der Waals surface area contributed by atoms with E-state index in [4.69, 9.17) is 0 Å². The smallest absolute Gasteiger partial charge is 0.132 e. The van der Waals surface area contributed by atoms with Crippen molar-refractivity contribution in [3.63, 3.8) is 0 Å². The number of hydrogen-bond donors (Lipinski definition) is 0. The van der Waals surface area contributed by atoms with Gasteiger partial charge in [-0.2, -0.15) is 0 Å². The van der Waals surface area contributed by atoms with Crippen molar-refractivity contribution in [3.8, 4) is 0 Å². The lowest BCUT2D eigenvalue weighted by atomic mass is 10.2. The first kappa shape index (κ1) is 25.7. The van der Waals surface area contributed by atoms with Gasteiger partial charge in [0.1, 0.15) is 5.69 Å². The van der Waals surface area contributed by atoms with Gasteiger partial charge in [0.25, 0.3) is 0 Å². The van der Waals surface area contributed by atoms with Crippen LogP contribution in [0.15, 0.2) is 98.6 Å². The van der Waals surface area contributed by atoms with Gasteiger partial charge in [-0.3, -0.25) is 4.48 Å². The molecule has 3 aromatic rings. The van der Waals surface area contributed by atoms with E-state index in [1.54, 1.807) is 0 Å². The van der Waals surface area contributed by atoms with Crippen LogP contribution in [0.5, 0.6) is 0 Å². The molecule has 0 atom stereocenters. The van der Waals surface area contributed by atoms with E-state index in [1.807, 2.05) is 62.7 Å². The molecule has 0 bridgehead atoms. The molecular formula is C29H37N2+. The molecule has 0 saturated heterocycles. The highest BCUT2D eigenvalue weighted by atomic mass is 15.3. The molecule has 0 aliphatic carbocycles. The maximum absolute atomic E-state index is 3.72. The van der Waals surface area contributed by atoms with Gasteiger partial charge in [0.2, 0.25) is 0 Å². The average Bonchev–Trinajstić information content (AvgIpc) is 2.80. The fraction of sp³-hybridized carbons (Fsp3) is 0.172. The van der Waals surface area contributed by atoms with Crippen molar-refractivity contribution in [1.29, 1.82) is 0 Å². The summed E-state index contributed by atoms with van der Waals surface area (Å²) < 4.78 is 0.859. The molecule has 0 N–H and O–H groups in total. The number of nitrogens with zero attached hydrogens (tertiary/aromatic N) is 2. The van der Waals surface area contributed by atoms with E-state index in [2.05, 4.69) is 94.3 Å². The van der Waals surface area contributed by atoms with Crippen molar-refractivity contribution in [3.05, 3.63) is 115 Å². The van der Waals surface area contributed by atoms with Crippen LogP contribution in [0.25, 0.3) is 18.2 Å². The number of benzene rings is 3. The van der Waals surface area contributed by atoms with E-state index in [9.17, 15) is 0 Å². The van der Waals surface area contributed by atoms with Crippen LogP contribution >= 0.6 is 0 Å². The Balaban J connectivity index is 0.000000237. The lowest BCUT2D eigenvalue weighted by Crippen LogP contribution is -2.34. The quantitative estimate of drug-likeness (QED) is 0.398. The van der Waals surface area contributed by atoms with Gasteiger partial charge in [0, 0.05) is 19.8 Å². The molecule has 0 radical (unpaired) electrons. The molecule has 0 saturated carbocycles. The zero-order chi connectivity index (χ0) is 23.3. The van der Waals surface area contributed by atoms with Gasteiger partial charge in [0.05, 0.1) is 21.1 Å². The van der Waals surface area contributed by atoms with Crippen LogP contribution in [0, 0.1) is 0 Å². The minimum atomic E-state index is 0.859. The molecule has 2 nitrogen and oxygen atoms in total. The summed E-state index contributed by atoms with van der Waals surface area (Å²) in [6.07, 6.45) is 5.54. The third-order valence-corrected chi connectivity index (χ3v) is 4.58. The summed E-state index contributed by atoms with van der Waals surface area (Å²) >= 11 is 0. The van der Waals surface area contributed by atoms with Crippen LogP contribution in [-0.4, -0.2) is 35.2 Å². The molecule has 31 heavy (non-hydrogen) atoms. The number of quaternary nitrogens is 1. The highest BCUT2D eigenvalue weighted by molar-refractivity contribution is 5.54. The zero-order valence-electron chi connectivity index (χ0n) is 19.8. The topological polar surface area (TPSA) is 3.24 Å². The fourth-order valence-corrected chi connectivity index (χ4v) is 2.56. The van der Waals surface area contributed by atoms with Crippen LogP contribution in [0.2, 0.25) is 0 Å². The third-order valence-electron chi connectivity index (χ3n) is 4.58. The molecule has 0 aliphatic rings. The van der Waals surface area contributed by atoms with Crippen molar-refractivity contribution >= 4 is 29.6 Å². The second-order valence-electron chi connectivity index (χ2n) is 8.11. The van der Waals surface area contributed by atoms with Gasteiger partial charge >= 0.3 is 0 Å². The van der Waals surface area contributed by atoms with Crippen molar-refractivity contribution < 1.29 is 0 Å². The monoisotopic (exact) mass is 413 g/mol. The lowest BCUT2D eigenvalue weighted by Gasteiger charge is -2.23. The van der Waals surface area contributed by atoms with Crippen LogP contribution < -0.4 is 9.38 Å². The molecule has 0 fully saturated rings. The van der Waals surface area contributed by atoms with Gasteiger partial charge in [-0.15, -0.1) is 0 Å². The Labute approximate surface area is 189 Å². The molecule has 162 valence electrons. The normalized spacial score (nSPS) is 9.84. The lowest BCUT2D eigenvalue weighted by molar-refractivity contribution is 0.486. The first-order chi connectivity index (χ1) is 14.7. The predicted molar refractivity (Wildman–Crippen MR) is 143 cm³/mol. The largest absolute Gasteiger partial charge is 0.378 e. The molecule has 0 amide bonds. The average molecular weight is 414 g/mol. The maximum atomic E-state index is 3.72. The van der Waals surface area contributed by atoms with E-state index < -0.39 is 0 Å². The Hall–Kier alpha value is -3.36. The van der Waals surface area contributed by atoms with Crippen LogP contribution in [0.4, 0.5) is 11.4 Å². The maximum Gasteiger partial charge on any atom is 0.132 e. The SMILES string of the molecule is C=Cc1ccc(N(C)C)cc1.C=Cc1ccc([N+](C)(C)C)cc1.C=Cc1ccccc1. The fourth-order valence-electron chi connectivity index (χ4n) is 2.56. The molecule has 0 spiro atoms. The van der Waals surface area contributed by atoms with E-state index in [0.29, 0.717) is 0 Å². The molecule has 0 aliphatic heterocycles. The summed E-state index contributed by atoms with van der Waals surface area (Å²) in [6.45, 7) is 11.0. The standard InChI is InChI=1S/C11H16N.C10H13N.C8H8/c1-5-10-6-8-11(9-7-10)12(2,3)4;1-4-9-5-7-10(8-6-9)11(2)3;1-2-8-6-4-3-5-7-8/h5-9H,1H2,2-4H3;4-8H,1H2,2-3H3;2-7H,1H2/q+1;;. The van der Waals surface area contributed by atoms with Gasteiger partial charge in [-0.1, -0.05) is 80.4 Å². The Kier molecular flexibility index (Phi) is 10.8. The van der Waals surface area contributed by atoms with Crippen LogP contribution in [0.1, 0.15) is 16.7 Å². The van der Waals surface area contributed by atoms with E-state index in [1.165, 1.54) is 22.5 Å².